The Labute approximate surface area is 112 Å². The van der Waals surface area contributed by atoms with Gasteiger partial charge >= 0.3 is 5.97 Å². The predicted molar refractivity (Wildman–Crippen MR) is 68.9 cm³/mol. The van der Waals surface area contributed by atoms with Gasteiger partial charge in [-0.1, -0.05) is 6.92 Å². The molecule has 0 bridgehead atoms. The van der Waals surface area contributed by atoms with Crippen molar-refractivity contribution in [2.75, 3.05) is 6.54 Å². The molecule has 1 saturated carbocycles. The van der Waals surface area contributed by atoms with E-state index in [9.17, 15) is 9.59 Å². The van der Waals surface area contributed by atoms with Gasteiger partial charge in [-0.2, -0.15) is 5.10 Å². The van der Waals surface area contributed by atoms with Crippen LogP contribution in [0.1, 0.15) is 42.2 Å². The molecule has 0 radical (unpaired) electrons. The molecule has 0 aromatic carbocycles. The number of aliphatic carboxylic acids is 1. The number of carbonyl (C=O) groups is 2. The summed E-state index contributed by atoms with van der Waals surface area (Å²) in [4.78, 5) is 24.9. The molecule has 1 aliphatic rings. The molecule has 6 nitrogen and oxygen atoms in total. The van der Waals surface area contributed by atoms with Crippen LogP contribution in [0.2, 0.25) is 0 Å². The third kappa shape index (κ3) is 3.13. The number of nitrogens with zero attached hydrogens (tertiary/aromatic N) is 3. The number of carboxylic acids is 1. The van der Waals surface area contributed by atoms with E-state index in [0.29, 0.717) is 12.0 Å². The minimum atomic E-state index is -0.875. The zero-order valence-electron chi connectivity index (χ0n) is 11.3. The second-order valence-electron chi connectivity index (χ2n) is 4.89. The highest BCUT2D eigenvalue weighted by molar-refractivity contribution is 5.95. The van der Waals surface area contributed by atoms with E-state index in [2.05, 4.69) is 5.10 Å². The molecule has 1 aromatic rings. The van der Waals surface area contributed by atoms with Crippen molar-refractivity contribution in [2.24, 2.45) is 7.05 Å². The molecule has 1 N–H and O–H groups in total. The summed E-state index contributed by atoms with van der Waals surface area (Å²) < 4.78 is 1.63. The molecule has 1 aromatic heterocycles. The summed E-state index contributed by atoms with van der Waals surface area (Å²) in [5.41, 5.74) is 1.37. The van der Waals surface area contributed by atoms with Gasteiger partial charge in [0, 0.05) is 25.8 Å². The fourth-order valence-corrected chi connectivity index (χ4v) is 2.18. The maximum absolute atomic E-state index is 12.5. The first-order chi connectivity index (χ1) is 9.02. The lowest BCUT2D eigenvalue weighted by atomic mass is 10.1. The van der Waals surface area contributed by atoms with Gasteiger partial charge in [-0.3, -0.25) is 14.3 Å². The van der Waals surface area contributed by atoms with Gasteiger partial charge in [0.25, 0.3) is 5.91 Å². The van der Waals surface area contributed by atoms with Crippen LogP contribution in [0.5, 0.6) is 0 Å². The number of hydrogen-bond acceptors (Lipinski definition) is 3. The van der Waals surface area contributed by atoms with Crippen LogP contribution in [0.25, 0.3) is 0 Å². The maximum Gasteiger partial charge on any atom is 0.305 e. The first-order valence-electron chi connectivity index (χ1n) is 6.58. The largest absolute Gasteiger partial charge is 0.481 e. The number of hydrogen-bond donors (Lipinski definition) is 1. The zero-order chi connectivity index (χ0) is 14.0. The molecule has 1 aliphatic carbocycles. The van der Waals surface area contributed by atoms with E-state index in [1.54, 1.807) is 22.8 Å². The van der Waals surface area contributed by atoms with E-state index in [1.165, 1.54) is 0 Å². The molecule has 0 saturated heterocycles. The lowest BCUT2D eigenvalue weighted by Crippen LogP contribution is -2.35. The maximum atomic E-state index is 12.5. The highest BCUT2D eigenvalue weighted by Crippen LogP contribution is 2.29. The first kappa shape index (κ1) is 13.6. The van der Waals surface area contributed by atoms with Gasteiger partial charge in [-0.05, 0) is 19.3 Å². The van der Waals surface area contributed by atoms with Gasteiger partial charge in [0.05, 0.1) is 17.7 Å². The highest BCUT2D eigenvalue weighted by Gasteiger charge is 2.34. The predicted octanol–water partition coefficient (Wildman–Crippen LogP) is 1.06. The summed E-state index contributed by atoms with van der Waals surface area (Å²) in [7, 11) is 1.79. The van der Waals surface area contributed by atoms with Gasteiger partial charge in [0.2, 0.25) is 0 Å². The third-order valence-electron chi connectivity index (χ3n) is 3.29. The van der Waals surface area contributed by atoms with Crippen molar-refractivity contribution >= 4 is 11.9 Å². The Morgan fingerprint density at radius 3 is 2.74 bits per heavy atom. The lowest BCUT2D eigenvalue weighted by molar-refractivity contribution is -0.137. The van der Waals surface area contributed by atoms with Crippen LogP contribution in [-0.4, -0.2) is 44.3 Å². The molecule has 1 fully saturated rings. The minimum Gasteiger partial charge on any atom is -0.481 e. The fraction of sp³-hybridized carbons (Fsp3) is 0.615. The van der Waals surface area contributed by atoms with Crippen LogP contribution >= 0.6 is 0 Å². The molecule has 2 rings (SSSR count). The number of carbonyl (C=O) groups excluding carboxylic acids is 1. The molecule has 19 heavy (non-hydrogen) atoms. The highest BCUT2D eigenvalue weighted by atomic mass is 16.4. The summed E-state index contributed by atoms with van der Waals surface area (Å²) in [6.45, 7) is 2.23. The standard InChI is InChI=1S/C13H19N3O3/c1-3-11-10(8-15(2)14-11)13(19)16(9-4-5-9)7-6-12(17)18/h8-9H,3-7H2,1-2H3,(H,17,18). The quantitative estimate of drug-likeness (QED) is 0.834. The Morgan fingerprint density at radius 1 is 1.53 bits per heavy atom. The van der Waals surface area contributed by atoms with E-state index in [0.717, 1.165) is 18.5 Å². The van der Waals surface area contributed by atoms with Crippen molar-refractivity contribution in [3.63, 3.8) is 0 Å². The topological polar surface area (TPSA) is 75.4 Å². The van der Waals surface area contributed by atoms with E-state index in [4.69, 9.17) is 5.11 Å². The van der Waals surface area contributed by atoms with Gasteiger partial charge in [0.1, 0.15) is 0 Å². The van der Waals surface area contributed by atoms with Crippen molar-refractivity contribution in [2.45, 2.75) is 38.6 Å². The molecule has 0 unspecified atom stereocenters. The summed E-state index contributed by atoms with van der Waals surface area (Å²) >= 11 is 0. The second-order valence-corrected chi connectivity index (χ2v) is 4.89. The Bertz CT molecular complexity index is 491. The van der Waals surface area contributed by atoms with Crippen molar-refractivity contribution in [1.82, 2.24) is 14.7 Å². The minimum absolute atomic E-state index is 0.00996. The Balaban J connectivity index is 2.16. The number of rotatable bonds is 6. The molecule has 1 amide bonds. The van der Waals surface area contributed by atoms with E-state index >= 15 is 0 Å². The molecule has 104 valence electrons. The van der Waals surface area contributed by atoms with Crippen molar-refractivity contribution in [1.29, 1.82) is 0 Å². The molecule has 6 heteroatoms. The summed E-state index contributed by atoms with van der Waals surface area (Å²) in [5, 5.41) is 13.0. The monoisotopic (exact) mass is 265 g/mol. The Kier molecular flexibility index (Phi) is 3.87. The molecular weight excluding hydrogens is 246 g/mol. The number of aryl methyl sites for hydroxylation is 2. The van der Waals surface area contributed by atoms with Crippen LogP contribution in [0.15, 0.2) is 6.20 Å². The van der Waals surface area contributed by atoms with E-state index in [1.807, 2.05) is 6.92 Å². The van der Waals surface area contributed by atoms with Crippen molar-refractivity contribution in [3.8, 4) is 0 Å². The number of carboxylic acid groups (broad SMARTS) is 1. The van der Waals surface area contributed by atoms with Crippen molar-refractivity contribution in [3.05, 3.63) is 17.5 Å². The molecule has 0 atom stereocenters. The molecule has 1 heterocycles. The van der Waals surface area contributed by atoms with E-state index in [-0.39, 0.29) is 24.9 Å². The normalized spacial score (nSPS) is 14.4. The summed E-state index contributed by atoms with van der Waals surface area (Å²) in [6.07, 6.45) is 4.33. The third-order valence-corrected chi connectivity index (χ3v) is 3.29. The average Bonchev–Trinajstić information content (AvgIpc) is 3.11. The number of amides is 1. The second kappa shape index (κ2) is 5.42. The SMILES string of the molecule is CCc1nn(C)cc1C(=O)N(CCC(=O)O)C1CC1. The fourth-order valence-electron chi connectivity index (χ4n) is 2.18. The van der Waals surface area contributed by atoms with Gasteiger partial charge in [-0.15, -0.1) is 0 Å². The Morgan fingerprint density at radius 2 is 2.21 bits per heavy atom. The molecule has 0 spiro atoms. The van der Waals surface area contributed by atoms with Crippen LogP contribution < -0.4 is 0 Å². The lowest BCUT2D eigenvalue weighted by Gasteiger charge is -2.21. The average molecular weight is 265 g/mol. The van der Waals surface area contributed by atoms with E-state index < -0.39 is 5.97 Å². The van der Waals surface area contributed by atoms with Crippen LogP contribution in [0, 0.1) is 0 Å². The molecule has 0 aliphatic heterocycles. The van der Waals surface area contributed by atoms with Crippen LogP contribution in [0.3, 0.4) is 0 Å². The molecular formula is C13H19N3O3. The van der Waals surface area contributed by atoms with Gasteiger partial charge < -0.3 is 10.0 Å². The van der Waals surface area contributed by atoms with Crippen LogP contribution in [0.4, 0.5) is 0 Å². The van der Waals surface area contributed by atoms with Crippen LogP contribution in [-0.2, 0) is 18.3 Å². The smallest absolute Gasteiger partial charge is 0.305 e. The number of aromatic nitrogens is 2. The Hall–Kier alpha value is -1.85. The van der Waals surface area contributed by atoms with Crippen molar-refractivity contribution < 1.29 is 14.7 Å². The summed E-state index contributed by atoms with van der Waals surface area (Å²) in [6, 6.07) is 0.205. The summed E-state index contributed by atoms with van der Waals surface area (Å²) in [5.74, 6) is -0.964. The van der Waals surface area contributed by atoms with Gasteiger partial charge in [-0.25, -0.2) is 0 Å². The van der Waals surface area contributed by atoms with Gasteiger partial charge in [0.15, 0.2) is 0 Å². The first-order valence-corrected chi connectivity index (χ1v) is 6.58. The zero-order valence-corrected chi connectivity index (χ0v) is 11.3.